The molecular weight excluding hydrogens is 388 g/mol. The van der Waals surface area contributed by atoms with E-state index in [0.29, 0.717) is 22.7 Å². The maximum absolute atomic E-state index is 12.5. The number of para-hydroxylation sites is 1. The van der Waals surface area contributed by atoms with E-state index in [1.165, 1.54) is 18.0 Å². The van der Waals surface area contributed by atoms with E-state index in [9.17, 15) is 9.59 Å². The molecule has 2 aromatic carbocycles. The summed E-state index contributed by atoms with van der Waals surface area (Å²) in [5, 5.41) is 6.96. The standard InChI is InChI=1S/C21H22N4O5/c1-28-17-6-4-5-14(18(17)29-2)11-23-20(26)13-7-9-15(10-8-13)25-19(22)16(12-24-25)21(27)30-3/h4-10,12H,11,22H2,1-3H3,(H,23,26). The number of nitrogen functional groups attached to an aromatic ring is 1. The number of aromatic nitrogens is 2. The van der Waals surface area contributed by atoms with Crippen molar-refractivity contribution in [2.24, 2.45) is 0 Å². The van der Waals surface area contributed by atoms with Crippen LogP contribution in [-0.4, -0.2) is 43.0 Å². The third kappa shape index (κ3) is 4.04. The average Bonchev–Trinajstić information content (AvgIpc) is 3.17. The van der Waals surface area contributed by atoms with Crippen molar-refractivity contribution in [3.8, 4) is 17.2 Å². The van der Waals surface area contributed by atoms with Crippen LogP contribution in [0.4, 0.5) is 5.82 Å². The van der Waals surface area contributed by atoms with Gasteiger partial charge in [0.05, 0.1) is 33.2 Å². The molecule has 0 saturated carbocycles. The molecule has 0 fully saturated rings. The Morgan fingerprint density at radius 1 is 1.07 bits per heavy atom. The number of rotatable bonds is 7. The lowest BCUT2D eigenvalue weighted by atomic mass is 10.1. The smallest absolute Gasteiger partial charge is 0.343 e. The molecule has 0 bridgehead atoms. The second kappa shape index (κ2) is 8.99. The molecule has 0 radical (unpaired) electrons. The van der Waals surface area contributed by atoms with Gasteiger partial charge in [0.2, 0.25) is 0 Å². The van der Waals surface area contributed by atoms with Crippen molar-refractivity contribution in [1.82, 2.24) is 15.1 Å². The van der Waals surface area contributed by atoms with Crippen LogP contribution in [0.3, 0.4) is 0 Å². The molecular formula is C21H22N4O5. The van der Waals surface area contributed by atoms with E-state index in [0.717, 1.165) is 5.56 Å². The number of nitrogens with one attached hydrogen (secondary N) is 1. The van der Waals surface area contributed by atoms with Crippen molar-refractivity contribution in [2.75, 3.05) is 27.1 Å². The quantitative estimate of drug-likeness (QED) is 0.573. The number of hydrogen-bond acceptors (Lipinski definition) is 7. The fourth-order valence-electron chi connectivity index (χ4n) is 2.96. The van der Waals surface area contributed by atoms with Gasteiger partial charge in [-0.05, 0) is 30.3 Å². The maximum atomic E-state index is 12.5. The van der Waals surface area contributed by atoms with Crippen molar-refractivity contribution < 1.29 is 23.8 Å². The van der Waals surface area contributed by atoms with Gasteiger partial charge < -0.3 is 25.3 Å². The summed E-state index contributed by atoms with van der Waals surface area (Å²) in [6.07, 6.45) is 1.34. The topological polar surface area (TPSA) is 118 Å². The number of nitrogens with zero attached hydrogens (tertiary/aromatic N) is 2. The monoisotopic (exact) mass is 410 g/mol. The van der Waals surface area contributed by atoms with E-state index in [2.05, 4.69) is 15.2 Å². The number of carbonyl (C=O) groups is 2. The molecule has 0 saturated heterocycles. The summed E-state index contributed by atoms with van der Waals surface area (Å²) in [6, 6.07) is 12.1. The summed E-state index contributed by atoms with van der Waals surface area (Å²) in [6.45, 7) is 0.273. The first-order valence-corrected chi connectivity index (χ1v) is 9.00. The molecule has 3 rings (SSSR count). The molecule has 9 nitrogen and oxygen atoms in total. The highest BCUT2D eigenvalue weighted by molar-refractivity contribution is 5.95. The Kier molecular flexibility index (Phi) is 6.21. The van der Waals surface area contributed by atoms with Crippen molar-refractivity contribution >= 4 is 17.7 Å². The summed E-state index contributed by atoms with van der Waals surface area (Å²) < 4.78 is 16.7. The van der Waals surface area contributed by atoms with Gasteiger partial charge in [-0.15, -0.1) is 0 Å². The van der Waals surface area contributed by atoms with Gasteiger partial charge in [0.1, 0.15) is 11.4 Å². The van der Waals surface area contributed by atoms with Gasteiger partial charge >= 0.3 is 5.97 Å². The summed E-state index contributed by atoms with van der Waals surface area (Å²) in [7, 11) is 4.38. The first-order chi connectivity index (χ1) is 14.5. The third-order valence-electron chi connectivity index (χ3n) is 4.51. The number of anilines is 1. The number of hydrogen-bond donors (Lipinski definition) is 2. The van der Waals surface area contributed by atoms with Crippen LogP contribution in [0.15, 0.2) is 48.7 Å². The van der Waals surface area contributed by atoms with Crippen LogP contribution in [0.1, 0.15) is 26.3 Å². The lowest BCUT2D eigenvalue weighted by molar-refractivity contribution is 0.0601. The van der Waals surface area contributed by atoms with Crippen molar-refractivity contribution in [1.29, 1.82) is 0 Å². The lowest BCUT2D eigenvalue weighted by Gasteiger charge is -2.13. The number of carbonyl (C=O) groups excluding carboxylic acids is 2. The minimum absolute atomic E-state index is 0.157. The maximum Gasteiger partial charge on any atom is 0.343 e. The van der Waals surface area contributed by atoms with E-state index in [1.807, 2.05) is 12.1 Å². The molecule has 3 aromatic rings. The fourth-order valence-corrected chi connectivity index (χ4v) is 2.96. The zero-order valence-electron chi connectivity index (χ0n) is 16.8. The normalized spacial score (nSPS) is 10.4. The van der Waals surface area contributed by atoms with Gasteiger partial charge in [0, 0.05) is 17.7 Å². The number of ether oxygens (including phenoxy) is 3. The minimum atomic E-state index is -0.567. The van der Waals surface area contributed by atoms with Crippen LogP contribution >= 0.6 is 0 Å². The van der Waals surface area contributed by atoms with Crippen LogP contribution in [-0.2, 0) is 11.3 Å². The second-order valence-electron chi connectivity index (χ2n) is 6.23. The number of methoxy groups -OCH3 is 3. The van der Waals surface area contributed by atoms with Crippen LogP contribution in [0.2, 0.25) is 0 Å². The SMILES string of the molecule is COC(=O)c1cnn(-c2ccc(C(=O)NCc3cccc(OC)c3OC)cc2)c1N. The Hall–Kier alpha value is -4.01. The Morgan fingerprint density at radius 2 is 1.80 bits per heavy atom. The van der Waals surface area contributed by atoms with E-state index in [-0.39, 0.29) is 23.8 Å². The summed E-state index contributed by atoms with van der Waals surface area (Å²) in [5.74, 6) is 0.505. The molecule has 0 atom stereocenters. The molecule has 30 heavy (non-hydrogen) atoms. The molecule has 1 aromatic heterocycles. The summed E-state index contributed by atoms with van der Waals surface area (Å²) in [5.41, 5.74) is 8.00. The number of amides is 1. The Morgan fingerprint density at radius 3 is 2.43 bits per heavy atom. The third-order valence-corrected chi connectivity index (χ3v) is 4.51. The van der Waals surface area contributed by atoms with Crippen LogP contribution in [0.25, 0.3) is 5.69 Å². The van der Waals surface area contributed by atoms with Crippen molar-refractivity contribution in [2.45, 2.75) is 6.54 Å². The molecule has 0 aliphatic carbocycles. The highest BCUT2D eigenvalue weighted by Crippen LogP contribution is 2.30. The molecule has 3 N–H and O–H groups in total. The molecule has 0 aliphatic heterocycles. The second-order valence-corrected chi connectivity index (χ2v) is 6.23. The van der Waals surface area contributed by atoms with Gasteiger partial charge in [0.15, 0.2) is 11.5 Å². The molecule has 0 aliphatic rings. The number of nitrogens with two attached hydrogens (primary N) is 1. The van der Waals surface area contributed by atoms with E-state index < -0.39 is 5.97 Å². The van der Waals surface area contributed by atoms with Crippen molar-refractivity contribution in [3.05, 3.63) is 65.4 Å². The Labute approximate surface area is 173 Å². The average molecular weight is 410 g/mol. The first-order valence-electron chi connectivity index (χ1n) is 9.00. The predicted octanol–water partition coefficient (Wildman–Crippen LogP) is 2.19. The van der Waals surface area contributed by atoms with Gasteiger partial charge in [-0.1, -0.05) is 12.1 Å². The van der Waals surface area contributed by atoms with Gasteiger partial charge in [-0.25, -0.2) is 9.48 Å². The molecule has 0 spiro atoms. The zero-order valence-corrected chi connectivity index (χ0v) is 16.8. The molecule has 1 heterocycles. The highest BCUT2D eigenvalue weighted by Gasteiger charge is 2.17. The zero-order chi connectivity index (χ0) is 21.7. The van der Waals surface area contributed by atoms with E-state index in [1.54, 1.807) is 44.6 Å². The van der Waals surface area contributed by atoms with E-state index in [4.69, 9.17) is 15.2 Å². The molecule has 9 heteroatoms. The van der Waals surface area contributed by atoms with E-state index >= 15 is 0 Å². The largest absolute Gasteiger partial charge is 0.493 e. The lowest BCUT2D eigenvalue weighted by Crippen LogP contribution is -2.23. The van der Waals surface area contributed by atoms with Crippen LogP contribution < -0.4 is 20.5 Å². The van der Waals surface area contributed by atoms with Crippen LogP contribution in [0, 0.1) is 0 Å². The highest BCUT2D eigenvalue weighted by atomic mass is 16.5. The molecule has 1 amide bonds. The minimum Gasteiger partial charge on any atom is -0.493 e. The fraction of sp³-hybridized carbons (Fsp3) is 0.190. The Balaban J connectivity index is 1.72. The predicted molar refractivity (Wildman–Crippen MR) is 110 cm³/mol. The van der Waals surface area contributed by atoms with Gasteiger partial charge in [-0.3, -0.25) is 4.79 Å². The first kappa shape index (κ1) is 20.7. The van der Waals surface area contributed by atoms with Crippen molar-refractivity contribution in [3.63, 3.8) is 0 Å². The van der Waals surface area contributed by atoms with Gasteiger partial charge in [0.25, 0.3) is 5.91 Å². The van der Waals surface area contributed by atoms with Gasteiger partial charge in [-0.2, -0.15) is 5.10 Å². The molecule has 0 unspecified atom stereocenters. The summed E-state index contributed by atoms with van der Waals surface area (Å²) in [4.78, 5) is 24.2. The Bertz CT molecular complexity index is 1060. The number of esters is 1. The number of benzene rings is 2. The molecule has 156 valence electrons. The summed E-state index contributed by atoms with van der Waals surface area (Å²) >= 11 is 0. The van der Waals surface area contributed by atoms with Crippen LogP contribution in [0.5, 0.6) is 11.5 Å².